The first kappa shape index (κ1) is 23.5. The summed E-state index contributed by atoms with van der Waals surface area (Å²) >= 11 is 0. The van der Waals surface area contributed by atoms with Gasteiger partial charge in [0.15, 0.2) is 5.82 Å². The number of carbonyl (C=O) groups excluding carboxylic acids is 3. The Balaban J connectivity index is 1.28. The summed E-state index contributed by atoms with van der Waals surface area (Å²) in [5.41, 5.74) is 3.22. The van der Waals surface area contributed by atoms with Gasteiger partial charge in [-0.2, -0.15) is 0 Å². The summed E-state index contributed by atoms with van der Waals surface area (Å²) in [6.45, 7) is 2.77. The van der Waals surface area contributed by atoms with Crippen LogP contribution in [0.4, 0.5) is 0 Å². The second kappa shape index (κ2) is 9.52. The van der Waals surface area contributed by atoms with Gasteiger partial charge >= 0.3 is 0 Å². The minimum absolute atomic E-state index is 0.0237. The SMILES string of the molecule is Cn1c(C(=O)N2CCN(C3CCCCC3)C(=O)C2)nc2c(C(=O)N3CCCCC3)cc(C3CC3)cc21. The minimum atomic E-state index is -0.227. The normalized spacial score (nSPS) is 21.9. The van der Waals surface area contributed by atoms with Crippen molar-refractivity contribution in [2.45, 2.75) is 76.2 Å². The topological polar surface area (TPSA) is 78.8 Å². The molecule has 0 radical (unpaired) electrons. The lowest BCUT2D eigenvalue weighted by atomic mass is 9.93. The summed E-state index contributed by atoms with van der Waals surface area (Å²) in [4.78, 5) is 50.5. The van der Waals surface area contributed by atoms with E-state index in [9.17, 15) is 14.4 Å². The molecule has 4 fully saturated rings. The zero-order chi connectivity index (χ0) is 24.8. The molecule has 8 nitrogen and oxygen atoms in total. The van der Waals surface area contributed by atoms with Gasteiger partial charge in [-0.1, -0.05) is 19.3 Å². The molecule has 0 unspecified atom stereocenters. The lowest BCUT2D eigenvalue weighted by Crippen LogP contribution is -2.56. The maximum atomic E-state index is 13.6. The van der Waals surface area contributed by atoms with Crippen molar-refractivity contribution in [3.63, 3.8) is 0 Å². The third kappa shape index (κ3) is 4.28. The molecule has 0 atom stereocenters. The van der Waals surface area contributed by atoms with Gasteiger partial charge in [-0.15, -0.1) is 0 Å². The van der Waals surface area contributed by atoms with Gasteiger partial charge in [0.05, 0.1) is 11.1 Å². The molecule has 1 aromatic carbocycles. The average molecular weight is 492 g/mol. The van der Waals surface area contributed by atoms with Crippen LogP contribution in [0.5, 0.6) is 0 Å². The van der Waals surface area contributed by atoms with E-state index < -0.39 is 0 Å². The molecule has 192 valence electrons. The molecule has 6 rings (SSSR count). The van der Waals surface area contributed by atoms with E-state index in [2.05, 4.69) is 6.07 Å². The van der Waals surface area contributed by atoms with Crippen molar-refractivity contribution < 1.29 is 14.4 Å². The van der Waals surface area contributed by atoms with Gasteiger partial charge in [-0.05, 0) is 68.6 Å². The second-order valence-corrected chi connectivity index (χ2v) is 11.2. The molecule has 36 heavy (non-hydrogen) atoms. The number of piperidine rings is 1. The van der Waals surface area contributed by atoms with E-state index in [0.717, 1.165) is 63.6 Å². The largest absolute Gasteiger partial charge is 0.339 e. The number of nitrogens with zero attached hydrogens (tertiary/aromatic N) is 5. The van der Waals surface area contributed by atoms with Crippen LogP contribution in [-0.2, 0) is 11.8 Å². The Bertz CT molecular complexity index is 1190. The Morgan fingerprint density at radius 3 is 2.25 bits per heavy atom. The number of fused-ring (bicyclic) bond motifs is 1. The highest BCUT2D eigenvalue weighted by Gasteiger charge is 2.35. The summed E-state index contributed by atoms with van der Waals surface area (Å²) in [5.74, 6) is 0.633. The molecule has 2 aromatic rings. The number of benzene rings is 1. The summed E-state index contributed by atoms with van der Waals surface area (Å²) < 4.78 is 1.83. The van der Waals surface area contributed by atoms with Crippen LogP contribution >= 0.6 is 0 Å². The monoisotopic (exact) mass is 491 g/mol. The number of amides is 3. The average Bonchev–Trinajstić information content (AvgIpc) is 3.72. The van der Waals surface area contributed by atoms with Gasteiger partial charge in [-0.3, -0.25) is 14.4 Å². The van der Waals surface area contributed by atoms with Gasteiger partial charge in [0.1, 0.15) is 12.1 Å². The number of rotatable bonds is 4. The van der Waals surface area contributed by atoms with Crippen molar-refractivity contribution in [3.8, 4) is 0 Å². The Morgan fingerprint density at radius 2 is 1.56 bits per heavy atom. The molecule has 2 aliphatic carbocycles. The standard InChI is InChI=1S/C28H37N5O3/c1-30-23-17-20(19-10-11-19)16-22(27(35)31-12-6-3-7-13-31)25(23)29-26(30)28(36)32-14-15-33(24(34)18-32)21-8-4-2-5-9-21/h16-17,19,21H,2-15,18H2,1H3. The molecule has 1 aromatic heterocycles. The van der Waals surface area contributed by atoms with Crippen molar-refractivity contribution in [3.05, 3.63) is 29.1 Å². The fourth-order valence-electron chi connectivity index (χ4n) is 6.36. The van der Waals surface area contributed by atoms with Crippen molar-refractivity contribution in [1.29, 1.82) is 0 Å². The lowest BCUT2D eigenvalue weighted by molar-refractivity contribution is -0.138. The van der Waals surface area contributed by atoms with Crippen molar-refractivity contribution >= 4 is 28.8 Å². The maximum Gasteiger partial charge on any atom is 0.290 e. The van der Waals surface area contributed by atoms with Crippen LogP contribution < -0.4 is 0 Å². The number of hydrogen-bond acceptors (Lipinski definition) is 4. The van der Waals surface area contributed by atoms with Gasteiger partial charge in [0, 0.05) is 39.3 Å². The van der Waals surface area contributed by atoms with E-state index in [-0.39, 0.29) is 24.3 Å². The van der Waals surface area contributed by atoms with Crippen LogP contribution in [0.1, 0.15) is 96.7 Å². The first-order chi connectivity index (χ1) is 17.5. The summed E-state index contributed by atoms with van der Waals surface area (Å²) in [7, 11) is 1.86. The number of hydrogen-bond donors (Lipinski definition) is 0. The number of likely N-dealkylation sites (tertiary alicyclic amines) is 1. The number of imidazole rings is 1. The summed E-state index contributed by atoms with van der Waals surface area (Å²) in [6.07, 6.45) is 11.3. The molecule has 2 saturated carbocycles. The molecule has 0 N–H and O–H groups in total. The molecular formula is C28H37N5O3. The fourth-order valence-corrected chi connectivity index (χ4v) is 6.36. The first-order valence-electron chi connectivity index (χ1n) is 13.9. The third-order valence-electron chi connectivity index (χ3n) is 8.68. The summed E-state index contributed by atoms with van der Waals surface area (Å²) in [5, 5.41) is 0. The van der Waals surface area contributed by atoms with Gasteiger partial charge in [0.2, 0.25) is 5.91 Å². The van der Waals surface area contributed by atoms with E-state index in [1.807, 2.05) is 27.5 Å². The van der Waals surface area contributed by atoms with E-state index in [4.69, 9.17) is 4.98 Å². The van der Waals surface area contributed by atoms with Crippen LogP contribution in [0.2, 0.25) is 0 Å². The molecule has 3 amide bonds. The number of aryl methyl sites for hydroxylation is 1. The number of aromatic nitrogens is 2. The van der Waals surface area contributed by atoms with E-state index in [1.165, 1.54) is 24.8 Å². The Labute approximate surface area is 212 Å². The molecule has 0 spiro atoms. The molecule has 0 bridgehead atoms. The smallest absolute Gasteiger partial charge is 0.290 e. The van der Waals surface area contributed by atoms with Crippen LogP contribution in [0.25, 0.3) is 11.0 Å². The van der Waals surface area contributed by atoms with E-state index in [0.29, 0.717) is 42.0 Å². The molecule has 3 heterocycles. The van der Waals surface area contributed by atoms with E-state index in [1.54, 1.807) is 4.90 Å². The quantitative estimate of drug-likeness (QED) is 0.654. The summed E-state index contributed by atoms with van der Waals surface area (Å²) in [6, 6.07) is 4.45. The van der Waals surface area contributed by atoms with Crippen molar-refractivity contribution in [1.82, 2.24) is 24.3 Å². The minimum Gasteiger partial charge on any atom is -0.339 e. The van der Waals surface area contributed by atoms with Gasteiger partial charge in [0.25, 0.3) is 11.8 Å². The number of piperazine rings is 1. The first-order valence-corrected chi connectivity index (χ1v) is 13.9. The molecule has 2 aliphatic heterocycles. The molecule has 8 heteroatoms. The second-order valence-electron chi connectivity index (χ2n) is 11.2. The maximum absolute atomic E-state index is 13.6. The zero-order valence-electron chi connectivity index (χ0n) is 21.4. The van der Waals surface area contributed by atoms with Crippen molar-refractivity contribution in [2.24, 2.45) is 7.05 Å². The van der Waals surface area contributed by atoms with Crippen LogP contribution in [0.3, 0.4) is 0 Å². The van der Waals surface area contributed by atoms with Crippen LogP contribution in [0, 0.1) is 0 Å². The molecular weight excluding hydrogens is 454 g/mol. The zero-order valence-corrected chi connectivity index (χ0v) is 21.4. The lowest BCUT2D eigenvalue weighted by Gasteiger charge is -2.40. The predicted octanol–water partition coefficient (Wildman–Crippen LogP) is 3.69. The van der Waals surface area contributed by atoms with Gasteiger partial charge < -0.3 is 19.3 Å². The predicted molar refractivity (Wildman–Crippen MR) is 137 cm³/mol. The molecule has 2 saturated heterocycles. The third-order valence-corrected chi connectivity index (χ3v) is 8.68. The van der Waals surface area contributed by atoms with Crippen molar-refractivity contribution in [2.75, 3.05) is 32.7 Å². The fraction of sp³-hybridized carbons (Fsp3) is 0.643. The number of carbonyl (C=O) groups is 3. The highest BCUT2D eigenvalue weighted by molar-refractivity contribution is 6.07. The van der Waals surface area contributed by atoms with Crippen LogP contribution in [0.15, 0.2) is 12.1 Å². The van der Waals surface area contributed by atoms with Crippen LogP contribution in [-0.4, -0.2) is 80.7 Å². The molecule has 4 aliphatic rings. The van der Waals surface area contributed by atoms with E-state index >= 15 is 0 Å². The van der Waals surface area contributed by atoms with Gasteiger partial charge in [-0.25, -0.2) is 4.98 Å². The highest BCUT2D eigenvalue weighted by atomic mass is 16.2. The Hall–Kier alpha value is -2.90. The highest BCUT2D eigenvalue weighted by Crippen LogP contribution is 2.42. The Morgan fingerprint density at radius 1 is 0.833 bits per heavy atom. The Kier molecular flexibility index (Phi) is 6.21.